The second-order valence-corrected chi connectivity index (χ2v) is 6.73. The minimum Gasteiger partial charge on any atom is -0.343 e. The average Bonchev–Trinajstić information content (AvgIpc) is 3.04. The maximum absolute atomic E-state index is 14.0. The van der Waals surface area contributed by atoms with Crippen LogP contribution < -0.4 is 0 Å². The molecule has 1 aromatic carbocycles. The SMILES string of the molecule is CC(C)CC(=O)N1CCC(c2ncnn2-c2ccccc2F)CC1. The molecule has 0 radical (unpaired) electrons. The summed E-state index contributed by atoms with van der Waals surface area (Å²) in [6.07, 6.45) is 3.72. The minimum absolute atomic E-state index is 0.190. The van der Waals surface area contributed by atoms with E-state index in [9.17, 15) is 9.18 Å². The van der Waals surface area contributed by atoms with Crippen LogP contribution in [0.3, 0.4) is 0 Å². The van der Waals surface area contributed by atoms with Gasteiger partial charge in [-0.1, -0.05) is 26.0 Å². The summed E-state index contributed by atoms with van der Waals surface area (Å²) in [7, 11) is 0. The highest BCUT2D eigenvalue weighted by molar-refractivity contribution is 5.76. The Hall–Kier alpha value is -2.24. The summed E-state index contributed by atoms with van der Waals surface area (Å²) in [4.78, 5) is 18.5. The first-order valence-electron chi connectivity index (χ1n) is 8.49. The van der Waals surface area contributed by atoms with E-state index in [1.807, 2.05) is 4.90 Å². The second-order valence-electron chi connectivity index (χ2n) is 6.73. The van der Waals surface area contributed by atoms with Gasteiger partial charge in [0.1, 0.15) is 23.7 Å². The quantitative estimate of drug-likeness (QED) is 0.865. The molecule has 6 heteroatoms. The van der Waals surface area contributed by atoms with E-state index < -0.39 is 0 Å². The summed E-state index contributed by atoms with van der Waals surface area (Å²) in [6, 6.07) is 6.58. The van der Waals surface area contributed by atoms with E-state index in [-0.39, 0.29) is 17.6 Å². The van der Waals surface area contributed by atoms with Crippen molar-refractivity contribution in [1.82, 2.24) is 19.7 Å². The third kappa shape index (κ3) is 3.47. The Bertz CT molecular complexity index is 705. The monoisotopic (exact) mass is 330 g/mol. The molecule has 1 aliphatic heterocycles. The molecular weight excluding hydrogens is 307 g/mol. The van der Waals surface area contributed by atoms with Crippen LogP contribution in [0.25, 0.3) is 5.69 Å². The first kappa shape index (κ1) is 16.6. The lowest BCUT2D eigenvalue weighted by atomic mass is 9.95. The number of hydrogen-bond acceptors (Lipinski definition) is 3. The van der Waals surface area contributed by atoms with Crippen LogP contribution in [0.15, 0.2) is 30.6 Å². The van der Waals surface area contributed by atoms with E-state index in [1.54, 1.807) is 22.9 Å². The minimum atomic E-state index is -0.311. The number of benzene rings is 1. The van der Waals surface area contributed by atoms with Gasteiger partial charge in [0.15, 0.2) is 0 Å². The molecule has 0 N–H and O–H groups in total. The van der Waals surface area contributed by atoms with Gasteiger partial charge < -0.3 is 4.90 Å². The molecule has 0 unspecified atom stereocenters. The molecule has 2 aromatic rings. The van der Waals surface area contributed by atoms with Gasteiger partial charge in [-0.15, -0.1) is 0 Å². The van der Waals surface area contributed by atoms with Crippen LogP contribution in [-0.2, 0) is 4.79 Å². The number of aromatic nitrogens is 3. The molecule has 0 saturated carbocycles. The Morgan fingerprint density at radius 2 is 2.00 bits per heavy atom. The smallest absolute Gasteiger partial charge is 0.222 e. The summed E-state index contributed by atoms with van der Waals surface area (Å²) in [5, 5.41) is 4.20. The van der Waals surface area contributed by atoms with E-state index in [0.717, 1.165) is 31.8 Å². The fourth-order valence-electron chi connectivity index (χ4n) is 3.20. The van der Waals surface area contributed by atoms with Gasteiger partial charge in [-0.05, 0) is 30.9 Å². The van der Waals surface area contributed by atoms with Gasteiger partial charge in [-0.25, -0.2) is 14.1 Å². The Kier molecular flexibility index (Phi) is 4.92. The van der Waals surface area contributed by atoms with Crippen molar-refractivity contribution < 1.29 is 9.18 Å². The van der Waals surface area contributed by atoms with Crippen LogP contribution in [0.1, 0.15) is 44.9 Å². The third-order valence-electron chi connectivity index (χ3n) is 4.45. The van der Waals surface area contributed by atoms with Crippen molar-refractivity contribution in [3.8, 4) is 5.69 Å². The van der Waals surface area contributed by atoms with Crippen molar-refractivity contribution in [2.75, 3.05) is 13.1 Å². The first-order chi connectivity index (χ1) is 11.6. The molecular formula is C18H23FN4O. The van der Waals surface area contributed by atoms with Crippen molar-refractivity contribution in [2.45, 2.75) is 39.0 Å². The Labute approximate surface area is 141 Å². The van der Waals surface area contributed by atoms with E-state index in [2.05, 4.69) is 23.9 Å². The topological polar surface area (TPSA) is 51.0 Å². The number of hydrogen-bond donors (Lipinski definition) is 0. The molecule has 1 aliphatic rings. The molecule has 0 bridgehead atoms. The normalized spacial score (nSPS) is 15.9. The molecule has 0 spiro atoms. The fraction of sp³-hybridized carbons (Fsp3) is 0.500. The fourth-order valence-corrected chi connectivity index (χ4v) is 3.20. The number of likely N-dealkylation sites (tertiary alicyclic amines) is 1. The lowest BCUT2D eigenvalue weighted by molar-refractivity contribution is -0.133. The Morgan fingerprint density at radius 3 is 2.67 bits per heavy atom. The molecule has 3 rings (SSSR count). The van der Waals surface area contributed by atoms with E-state index in [0.29, 0.717) is 18.0 Å². The maximum atomic E-state index is 14.0. The number of carbonyl (C=O) groups excluding carboxylic acids is 1. The molecule has 1 aromatic heterocycles. The largest absolute Gasteiger partial charge is 0.343 e. The molecule has 0 atom stereocenters. The summed E-state index contributed by atoms with van der Waals surface area (Å²) in [5.41, 5.74) is 0.420. The molecule has 5 nitrogen and oxygen atoms in total. The standard InChI is InChI=1S/C18H23FN4O/c1-13(2)11-17(24)22-9-7-14(8-10-22)18-20-12-21-23(18)16-6-4-3-5-15(16)19/h3-6,12-14H,7-11H2,1-2H3. The molecule has 128 valence electrons. The summed E-state index contributed by atoms with van der Waals surface area (Å²) in [5.74, 6) is 1.25. The number of amides is 1. The number of rotatable bonds is 4. The van der Waals surface area contributed by atoms with Gasteiger partial charge >= 0.3 is 0 Å². The van der Waals surface area contributed by atoms with Crippen LogP contribution in [-0.4, -0.2) is 38.7 Å². The first-order valence-corrected chi connectivity index (χ1v) is 8.49. The van der Waals surface area contributed by atoms with Crippen LogP contribution in [0.2, 0.25) is 0 Å². The number of nitrogens with zero attached hydrogens (tertiary/aromatic N) is 4. The number of para-hydroxylation sites is 1. The van der Waals surface area contributed by atoms with Crippen LogP contribution in [0, 0.1) is 11.7 Å². The van der Waals surface area contributed by atoms with Crippen molar-refractivity contribution >= 4 is 5.91 Å². The van der Waals surface area contributed by atoms with Gasteiger partial charge in [0.25, 0.3) is 0 Å². The van der Waals surface area contributed by atoms with E-state index in [4.69, 9.17) is 0 Å². The van der Waals surface area contributed by atoms with E-state index >= 15 is 0 Å². The summed E-state index contributed by atoms with van der Waals surface area (Å²) >= 11 is 0. The molecule has 0 aliphatic carbocycles. The highest BCUT2D eigenvalue weighted by atomic mass is 19.1. The van der Waals surface area contributed by atoms with Crippen molar-refractivity contribution in [2.24, 2.45) is 5.92 Å². The van der Waals surface area contributed by atoms with Crippen molar-refractivity contribution in [3.05, 3.63) is 42.2 Å². The zero-order valence-corrected chi connectivity index (χ0v) is 14.2. The summed E-state index contributed by atoms with van der Waals surface area (Å²) < 4.78 is 15.6. The molecule has 24 heavy (non-hydrogen) atoms. The number of halogens is 1. The van der Waals surface area contributed by atoms with Gasteiger partial charge in [0.05, 0.1) is 0 Å². The van der Waals surface area contributed by atoms with Gasteiger partial charge in [-0.3, -0.25) is 4.79 Å². The van der Waals surface area contributed by atoms with Gasteiger partial charge in [-0.2, -0.15) is 5.10 Å². The van der Waals surface area contributed by atoms with Crippen LogP contribution >= 0.6 is 0 Å². The third-order valence-corrected chi connectivity index (χ3v) is 4.45. The lowest BCUT2D eigenvalue weighted by Crippen LogP contribution is -2.38. The molecule has 1 fully saturated rings. The van der Waals surface area contributed by atoms with Crippen molar-refractivity contribution in [1.29, 1.82) is 0 Å². The second kappa shape index (κ2) is 7.11. The Balaban J connectivity index is 1.71. The van der Waals surface area contributed by atoms with Crippen molar-refractivity contribution in [3.63, 3.8) is 0 Å². The predicted octanol–water partition coefficient (Wildman–Crippen LogP) is 3.16. The molecule has 1 saturated heterocycles. The predicted molar refractivity (Wildman–Crippen MR) is 89.3 cm³/mol. The van der Waals surface area contributed by atoms with Crippen LogP contribution in [0.5, 0.6) is 0 Å². The molecule has 2 heterocycles. The zero-order chi connectivity index (χ0) is 17.1. The van der Waals surface area contributed by atoms with E-state index in [1.165, 1.54) is 12.4 Å². The lowest BCUT2D eigenvalue weighted by Gasteiger charge is -2.32. The summed E-state index contributed by atoms with van der Waals surface area (Å²) in [6.45, 7) is 5.56. The zero-order valence-electron chi connectivity index (χ0n) is 14.2. The number of piperidine rings is 1. The van der Waals surface area contributed by atoms with Gasteiger partial charge in [0.2, 0.25) is 5.91 Å². The van der Waals surface area contributed by atoms with Crippen LogP contribution in [0.4, 0.5) is 4.39 Å². The van der Waals surface area contributed by atoms with Gasteiger partial charge in [0, 0.05) is 25.4 Å². The molecule has 1 amide bonds. The highest BCUT2D eigenvalue weighted by Gasteiger charge is 2.27. The number of carbonyl (C=O) groups is 1. The highest BCUT2D eigenvalue weighted by Crippen LogP contribution is 2.28. The average molecular weight is 330 g/mol. The Morgan fingerprint density at radius 1 is 1.29 bits per heavy atom. The maximum Gasteiger partial charge on any atom is 0.222 e.